The van der Waals surface area contributed by atoms with Gasteiger partial charge in [-0.1, -0.05) is 39.7 Å². The molecule has 0 radical (unpaired) electrons. The summed E-state index contributed by atoms with van der Waals surface area (Å²) in [6, 6.07) is 0. The Morgan fingerprint density at radius 1 is 1.33 bits per heavy atom. The van der Waals surface area contributed by atoms with Gasteiger partial charge in [-0.25, -0.2) is 0 Å². The minimum Gasteiger partial charge on any atom is -0.489 e. The van der Waals surface area contributed by atoms with Gasteiger partial charge in [0.15, 0.2) is 5.76 Å². The molecule has 0 saturated heterocycles. The maximum Gasteiger partial charge on any atom is 0.448 e. The Kier molecular flexibility index (Phi) is 6.45. The smallest absolute Gasteiger partial charge is 0.448 e. The third kappa shape index (κ3) is 6.42. The van der Waals surface area contributed by atoms with Gasteiger partial charge in [-0.05, 0) is 12.3 Å². The molecule has 0 N–H and O–H groups in total. The largest absolute Gasteiger partial charge is 0.489 e. The van der Waals surface area contributed by atoms with E-state index < -0.39 is 11.9 Å². The quantitative estimate of drug-likeness (QED) is 0.586. The van der Waals surface area contributed by atoms with Crippen LogP contribution in [0.5, 0.6) is 0 Å². The molecule has 15 heavy (non-hydrogen) atoms. The van der Waals surface area contributed by atoms with Crippen molar-refractivity contribution < 1.29 is 17.9 Å². The Balaban J connectivity index is 3.85. The van der Waals surface area contributed by atoms with Crippen molar-refractivity contribution in [3.05, 3.63) is 12.3 Å². The number of allylic oxidation sites excluding steroid dienone is 1. The lowest BCUT2D eigenvalue weighted by Gasteiger charge is -2.17. The van der Waals surface area contributed by atoms with Crippen LogP contribution in [-0.2, 0) is 4.74 Å². The topological polar surface area (TPSA) is 9.23 Å². The van der Waals surface area contributed by atoms with E-state index in [1.807, 2.05) is 6.92 Å². The van der Waals surface area contributed by atoms with E-state index in [-0.39, 0.29) is 12.5 Å². The van der Waals surface area contributed by atoms with Crippen LogP contribution in [0.25, 0.3) is 0 Å². The minimum atomic E-state index is -4.43. The maximum absolute atomic E-state index is 12.0. The summed E-state index contributed by atoms with van der Waals surface area (Å²) in [6.45, 7) is 7.00. The second-order valence-electron chi connectivity index (χ2n) is 3.65. The molecule has 0 saturated carbocycles. The van der Waals surface area contributed by atoms with Crippen LogP contribution in [0.2, 0.25) is 0 Å². The molecule has 0 heterocycles. The zero-order valence-electron chi connectivity index (χ0n) is 9.36. The highest BCUT2D eigenvalue weighted by Gasteiger charge is 2.34. The summed E-state index contributed by atoms with van der Waals surface area (Å²) in [5.74, 6) is -0.888. The van der Waals surface area contributed by atoms with E-state index in [1.165, 1.54) is 0 Å². The summed E-state index contributed by atoms with van der Waals surface area (Å²) >= 11 is 0. The van der Waals surface area contributed by atoms with Crippen LogP contribution in [0.3, 0.4) is 0 Å². The number of halogens is 3. The second kappa shape index (κ2) is 6.75. The molecule has 0 aliphatic carbocycles. The average Bonchev–Trinajstić information content (AvgIpc) is 2.16. The molecule has 1 nitrogen and oxygen atoms in total. The molecular formula is C11H19F3O. The summed E-state index contributed by atoms with van der Waals surface area (Å²) in [7, 11) is 0. The van der Waals surface area contributed by atoms with Crippen LogP contribution in [0.4, 0.5) is 13.2 Å². The van der Waals surface area contributed by atoms with Gasteiger partial charge in [0, 0.05) is 0 Å². The van der Waals surface area contributed by atoms with Gasteiger partial charge in [0.2, 0.25) is 0 Å². The Morgan fingerprint density at radius 3 is 2.33 bits per heavy atom. The van der Waals surface area contributed by atoms with E-state index in [0.29, 0.717) is 0 Å². The van der Waals surface area contributed by atoms with Gasteiger partial charge in [0.05, 0.1) is 6.61 Å². The molecule has 0 aromatic rings. The van der Waals surface area contributed by atoms with Gasteiger partial charge in [-0.15, -0.1) is 0 Å². The Hall–Kier alpha value is -0.670. The fraction of sp³-hybridized carbons (Fsp3) is 0.818. The molecule has 1 atom stereocenters. The van der Waals surface area contributed by atoms with Crippen LogP contribution in [0.15, 0.2) is 12.3 Å². The van der Waals surface area contributed by atoms with Gasteiger partial charge in [-0.2, -0.15) is 13.2 Å². The predicted molar refractivity (Wildman–Crippen MR) is 54.5 cm³/mol. The van der Waals surface area contributed by atoms with Crippen molar-refractivity contribution in [2.24, 2.45) is 5.92 Å². The van der Waals surface area contributed by atoms with Gasteiger partial charge >= 0.3 is 6.18 Å². The van der Waals surface area contributed by atoms with Crippen LogP contribution >= 0.6 is 0 Å². The first-order valence-corrected chi connectivity index (χ1v) is 5.30. The molecule has 0 aliphatic heterocycles. The van der Waals surface area contributed by atoms with Gasteiger partial charge in [0.25, 0.3) is 0 Å². The molecule has 0 aliphatic rings. The highest BCUT2D eigenvalue weighted by molar-refractivity contribution is 4.91. The zero-order chi connectivity index (χ0) is 11.9. The molecule has 0 aromatic heterocycles. The van der Waals surface area contributed by atoms with Crippen molar-refractivity contribution >= 4 is 0 Å². The number of alkyl halides is 3. The Morgan fingerprint density at radius 2 is 1.93 bits per heavy atom. The molecular weight excluding hydrogens is 205 g/mol. The number of hydrogen-bond donors (Lipinski definition) is 0. The first-order valence-electron chi connectivity index (χ1n) is 5.30. The molecule has 0 fully saturated rings. The van der Waals surface area contributed by atoms with Crippen LogP contribution in [0, 0.1) is 5.92 Å². The number of ether oxygens (including phenoxy) is 1. The lowest BCUT2D eigenvalue weighted by molar-refractivity contribution is -0.132. The van der Waals surface area contributed by atoms with Gasteiger partial charge in [0.1, 0.15) is 0 Å². The molecule has 4 heteroatoms. The maximum atomic E-state index is 12.0. The standard InChI is InChI=1S/C11H19F3O/c1-4-6-7-10(5-2)8-15-9(3)11(12,13)14/h10H,3-8H2,1-2H3. The number of rotatable bonds is 7. The van der Waals surface area contributed by atoms with Crippen molar-refractivity contribution in [3.63, 3.8) is 0 Å². The third-order valence-corrected chi connectivity index (χ3v) is 2.35. The van der Waals surface area contributed by atoms with Gasteiger partial charge in [-0.3, -0.25) is 0 Å². The minimum absolute atomic E-state index is 0.120. The van der Waals surface area contributed by atoms with Crippen molar-refractivity contribution in [1.29, 1.82) is 0 Å². The van der Waals surface area contributed by atoms with Crippen LogP contribution in [0.1, 0.15) is 39.5 Å². The van der Waals surface area contributed by atoms with E-state index in [2.05, 4.69) is 18.2 Å². The Bertz CT molecular complexity index is 187. The van der Waals surface area contributed by atoms with E-state index in [9.17, 15) is 13.2 Å². The van der Waals surface area contributed by atoms with Crippen molar-refractivity contribution in [2.45, 2.75) is 45.7 Å². The summed E-state index contributed by atoms with van der Waals surface area (Å²) < 4.78 is 40.7. The normalized spacial score (nSPS) is 13.7. The summed E-state index contributed by atoms with van der Waals surface area (Å²) in [6.07, 6.45) is -0.594. The van der Waals surface area contributed by atoms with E-state index in [0.717, 1.165) is 25.7 Å². The fourth-order valence-corrected chi connectivity index (χ4v) is 1.20. The molecule has 0 rings (SSSR count). The highest BCUT2D eigenvalue weighted by Crippen LogP contribution is 2.26. The monoisotopic (exact) mass is 224 g/mol. The van der Waals surface area contributed by atoms with Crippen molar-refractivity contribution in [1.82, 2.24) is 0 Å². The third-order valence-electron chi connectivity index (χ3n) is 2.35. The van der Waals surface area contributed by atoms with E-state index in [4.69, 9.17) is 0 Å². The summed E-state index contributed by atoms with van der Waals surface area (Å²) in [4.78, 5) is 0. The Labute approximate surface area is 89.3 Å². The second-order valence-corrected chi connectivity index (χ2v) is 3.65. The molecule has 0 amide bonds. The zero-order valence-corrected chi connectivity index (χ0v) is 9.36. The van der Waals surface area contributed by atoms with E-state index in [1.54, 1.807) is 0 Å². The van der Waals surface area contributed by atoms with E-state index >= 15 is 0 Å². The lowest BCUT2D eigenvalue weighted by atomic mass is 10.0. The lowest BCUT2D eigenvalue weighted by Crippen LogP contribution is -2.17. The molecule has 0 aromatic carbocycles. The predicted octanol–water partition coefficient (Wildman–Crippen LogP) is 4.30. The molecule has 1 unspecified atom stereocenters. The molecule has 0 bridgehead atoms. The molecule has 0 spiro atoms. The number of unbranched alkanes of at least 4 members (excludes halogenated alkanes) is 1. The van der Waals surface area contributed by atoms with Crippen molar-refractivity contribution in [2.75, 3.05) is 6.61 Å². The first kappa shape index (κ1) is 14.3. The SMILES string of the molecule is C=C(OCC(CC)CCCC)C(F)(F)F. The summed E-state index contributed by atoms with van der Waals surface area (Å²) in [5.41, 5.74) is 0. The van der Waals surface area contributed by atoms with Gasteiger partial charge < -0.3 is 4.74 Å². The highest BCUT2D eigenvalue weighted by atomic mass is 19.4. The summed E-state index contributed by atoms with van der Waals surface area (Å²) in [5, 5.41) is 0. The average molecular weight is 224 g/mol. The number of hydrogen-bond acceptors (Lipinski definition) is 1. The van der Waals surface area contributed by atoms with Crippen LogP contribution < -0.4 is 0 Å². The van der Waals surface area contributed by atoms with Crippen molar-refractivity contribution in [3.8, 4) is 0 Å². The van der Waals surface area contributed by atoms with Crippen LogP contribution in [-0.4, -0.2) is 12.8 Å². The fourth-order valence-electron chi connectivity index (χ4n) is 1.20. The molecule has 90 valence electrons. The first-order chi connectivity index (χ1) is 6.91.